The van der Waals surface area contributed by atoms with Crippen LogP contribution in [0.25, 0.3) is 11.3 Å². The highest BCUT2D eigenvalue weighted by Gasteiger charge is 2.38. The molecule has 0 spiro atoms. The molecule has 0 unspecified atom stereocenters. The zero-order valence-corrected chi connectivity index (χ0v) is 20.9. The van der Waals surface area contributed by atoms with Crippen LogP contribution in [0.15, 0.2) is 120 Å². The molecule has 0 N–H and O–H groups in total. The van der Waals surface area contributed by atoms with E-state index in [1.165, 1.54) is 0 Å². The van der Waals surface area contributed by atoms with Crippen LogP contribution in [0, 0.1) is 17.0 Å². The molecule has 188 valence electrons. The summed E-state index contributed by atoms with van der Waals surface area (Å²) in [5.41, 5.74) is 5.91. The highest BCUT2D eigenvalue weighted by molar-refractivity contribution is 5.68. The van der Waals surface area contributed by atoms with Gasteiger partial charge < -0.3 is 4.42 Å². The molecule has 0 radical (unpaired) electrons. The summed E-state index contributed by atoms with van der Waals surface area (Å²) in [7, 11) is 0. The Morgan fingerprint density at radius 3 is 2.03 bits per heavy atom. The number of hydrogen-bond donors (Lipinski definition) is 0. The Hall–Kier alpha value is -4.68. The van der Waals surface area contributed by atoms with Crippen molar-refractivity contribution in [2.75, 3.05) is 5.06 Å². The third kappa shape index (κ3) is 4.35. The molecule has 0 amide bonds. The third-order valence-electron chi connectivity index (χ3n) is 7.03. The number of furan rings is 1. The summed E-state index contributed by atoms with van der Waals surface area (Å²) >= 11 is 0. The van der Waals surface area contributed by atoms with Gasteiger partial charge in [0.2, 0.25) is 0 Å². The van der Waals surface area contributed by atoms with Crippen molar-refractivity contribution in [3.63, 3.8) is 0 Å². The monoisotopic (exact) mass is 502 g/mol. The summed E-state index contributed by atoms with van der Waals surface area (Å²) in [6.07, 6.45) is 0.354. The highest BCUT2D eigenvalue weighted by Crippen LogP contribution is 2.48. The van der Waals surface area contributed by atoms with Gasteiger partial charge in [-0.15, -0.1) is 0 Å². The van der Waals surface area contributed by atoms with Gasteiger partial charge in [0.05, 0.1) is 10.6 Å². The first-order chi connectivity index (χ1) is 18.6. The first kappa shape index (κ1) is 23.7. The number of nitro benzene ring substituents is 1. The number of nitro groups is 1. The van der Waals surface area contributed by atoms with E-state index in [2.05, 4.69) is 12.1 Å². The Morgan fingerprint density at radius 1 is 0.789 bits per heavy atom. The minimum atomic E-state index is -0.408. The fraction of sp³-hybridized carbons (Fsp3) is 0.125. The Balaban J connectivity index is 1.62. The third-order valence-corrected chi connectivity index (χ3v) is 7.03. The number of aryl methyl sites for hydroxylation is 1. The minimum absolute atomic E-state index is 0.0450. The second-order valence-corrected chi connectivity index (χ2v) is 9.37. The van der Waals surface area contributed by atoms with Gasteiger partial charge >= 0.3 is 0 Å². The molecule has 0 aliphatic carbocycles. The van der Waals surface area contributed by atoms with Crippen LogP contribution in [-0.4, -0.2) is 4.92 Å². The van der Waals surface area contributed by atoms with Crippen LogP contribution in [0.2, 0.25) is 0 Å². The second-order valence-electron chi connectivity index (χ2n) is 9.37. The normalized spacial score (nSPS) is 17.0. The van der Waals surface area contributed by atoms with Gasteiger partial charge in [0, 0.05) is 35.2 Å². The van der Waals surface area contributed by atoms with Crippen LogP contribution >= 0.6 is 0 Å². The smallest absolute Gasteiger partial charge is 0.269 e. The summed E-state index contributed by atoms with van der Waals surface area (Å²) in [6.45, 7) is 2.00. The number of nitrogens with zero attached hydrogens (tertiary/aromatic N) is 2. The van der Waals surface area contributed by atoms with Gasteiger partial charge in [-0.1, -0.05) is 78.9 Å². The number of non-ortho nitro benzene ring substituents is 1. The van der Waals surface area contributed by atoms with E-state index < -0.39 is 6.04 Å². The van der Waals surface area contributed by atoms with Crippen molar-refractivity contribution >= 4 is 11.4 Å². The van der Waals surface area contributed by atoms with Crippen molar-refractivity contribution in [3.05, 3.63) is 153 Å². The summed E-state index contributed by atoms with van der Waals surface area (Å²) in [4.78, 5) is 17.9. The van der Waals surface area contributed by atoms with Gasteiger partial charge in [-0.05, 0) is 42.3 Å². The van der Waals surface area contributed by atoms with E-state index in [1.54, 1.807) is 12.1 Å². The summed E-state index contributed by atoms with van der Waals surface area (Å²) in [5.74, 6) is 1.62. The maximum Gasteiger partial charge on any atom is 0.269 e. The van der Waals surface area contributed by atoms with Crippen LogP contribution in [0.3, 0.4) is 0 Å². The van der Waals surface area contributed by atoms with Crippen molar-refractivity contribution in [2.24, 2.45) is 0 Å². The molecule has 38 heavy (non-hydrogen) atoms. The van der Waals surface area contributed by atoms with Gasteiger partial charge in [-0.3, -0.25) is 15.0 Å². The summed E-state index contributed by atoms with van der Waals surface area (Å²) in [6, 6.07) is 36.5. The van der Waals surface area contributed by atoms with Crippen LogP contribution < -0.4 is 5.06 Å². The van der Waals surface area contributed by atoms with E-state index in [9.17, 15) is 10.1 Å². The van der Waals surface area contributed by atoms with Crippen molar-refractivity contribution < 1.29 is 14.2 Å². The molecule has 6 nitrogen and oxygen atoms in total. The van der Waals surface area contributed by atoms with Crippen molar-refractivity contribution in [1.29, 1.82) is 0 Å². The zero-order valence-electron chi connectivity index (χ0n) is 20.9. The Morgan fingerprint density at radius 2 is 1.39 bits per heavy atom. The molecule has 2 heterocycles. The molecule has 2 atom stereocenters. The molecule has 0 saturated carbocycles. The lowest BCUT2D eigenvalue weighted by Gasteiger charge is -2.34. The fourth-order valence-electron chi connectivity index (χ4n) is 5.19. The molecule has 6 rings (SSSR count). The first-order valence-electron chi connectivity index (χ1n) is 12.6. The Labute approximate surface area is 220 Å². The van der Waals surface area contributed by atoms with Gasteiger partial charge in [0.1, 0.15) is 23.7 Å². The number of hydroxylamine groups is 1. The maximum atomic E-state index is 11.4. The first-order valence-corrected chi connectivity index (χ1v) is 12.6. The lowest BCUT2D eigenvalue weighted by atomic mass is 9.89. The molecule has 0 bridgehead atoms. The lowest BCUT2D eigenvalue weighted by Crippen LogP contribution is -2.30. The van der Waals surface area contributed by atoms with Crippen molar-refractivity contribution in [3.8, 4) is 11.3 Å². The molecule has 0 saturated heterocycles. The standard InChI is InChI=1S/C32H26N2O4/c1-22-28-21-29(23-11-5-2-6-12-23)38-33(26-15-9-4-10-16-26)31(24-17-19-27(20-18-24)34(35)36)30(28)32(37-22)25-13-7-3-8-14-25/h2-20,29,31H,21H2,1H3/t29-,31-/m1/s1. The van der Waals surface area contributed by atoms with E-state index in [4.69, 9.17) is 9.25 Å². The minimum Gasteiger partial charge on any atom is -0.461 e. The number of fused-ring (bicyclic) bond motifs is 1. The van der Waals surface area contributed by atoms with Gasteiger partial charge in [-0.2, -0.15) is 0 Å². The van der Waals surface area contributed by atoms with Crippen molar-refractivity contribution in [2.45, 2.75) is 25.5 Å². The molecule has 1 aliphatic heterocycles. The quantitative estimate of drug-likeness (QED) is 0.180. The number of benzene rings is 4. The molecule has 4 aromatic carbocycles. The van der Waals surface area contributed by atoms with E-state index in [-0.39, 0.29) is 16.7 Å². The Bertz CT molecular complexity index is 1550. The topological polar surface area (TPSA) is 68.8 Å². The Kier molecular flexibility index (Phi) is 6.23. The summed E-state index contributed by atoms with van der Waals surface area (Å²) in [5, 5.41) is 13.4. The molecule has 0 fully saturated rings. The van der Waals surface area contributed by atoms with Crippen LogP contribution in [0.5, 0.6) is 0 Å². The average Bonchev–Trinajstić information content (AvgIpc) is 3.17. The van der Waals surface area contributed by atoms with E-state index in [1.807, 2.05) is 103 Å². The fourth-order valence-corrected chi connectivity index (χ4v) is 5.19. The van der Waals surface area contributed by atoms with Gasteiger partial charge in [0.15, 0.2) is 0 Å². The average molecular weight is 503 g/mol. The SMILES string of the molecule is Cc1oc(-c2ccccc2)c2c1C[C@H](c1ccccc1)ON(c1ccccc1)[C@@H]2c1ccc([N+](=O)[O-])cc1. The van der Waals surface area contributed by atoms with Crippen LogP contribution in [0.1, 0.15) is 40.2 Å². The second kappa shape index (κ2) is 10.00. The van der Waals surface area contributed by atoms with Gasteiger partial charge in [-0.25, -0.2) is 5.06 Å². The van der Waals surface area contributed by atoms with Crippen LogP contribution in [0.4, 0.5) is 11.4 Å². The van der Waals surface area contributed by atoms with Crippen molar-refractivity contribution in [1.82, 2.24) is 0 Å². The number of hydrogen-bond acceptors (Lipinski definition) is 5. The molecule has 6 heteroatoms. The van der Waals surface area contributed by atoms with E-state index in [0.29, 0.717) is 6.42 Å². The van der Waals surface area contributed by atoms with E-state index in [0.717, 1.165) is 45.0 Å². The van der Waals surface area contributed by atoms with E-state index >= 15 is 0 Å². The highest BCUT2D eigenvalue weighted by atomic mass is 16.7. The largest absolute Gasteiger partial charge is 0.461 e. The molecule has 1 aromatic heterocycles. The molecular weight excluding hydrogens is 476 g/mol. The molecule has 1 aliphatic rings. The lowest BCUT2D eigenvalue weighted by molar-refractivity contribution is -0.384. The number of rotatable bonds is 5. The van der Waals surface area contributed by atoms with Gasteiger partial charge in [0.25, 0.3) is 5.69 Å². The zero-order chi connectivity index (χ0) is 26.1. The molecular formula is C32H26N2O4. The maximum absolute atomic E-state index is 11.4. The predicted octanol–water partition coefficient (Wildman–Crippen LogP) is 7.99. The molecule has 5 aromatic rings. The summed E-state index contributed by atoms with van der Waals surface area (Å²) < 4.78 is 6.50. The van der Waals surface area contributed by atoms with Crippen LogP contribution in [-0.2, 0) is 11.3 Å². The predicted molar refractivity (Wildman–Crippen MR) is 147 cm³/mol. The number of anilines is 1. The number of para-hydroxylation sites is 1.